The second-order valence-corrected chi connectivity index (χ2v) is 8.95. The molecule has 0 aromatic carbocycles. The Labute approximate surface area is 170 Å². The van der Waals surface area contributed by atoms with Gasteiger partial charge >= 0.3 is 6.03 Å². The Kier molecular flexibility index (Phi) is 6.32. The van der Waals surface area contributed by atoms with Gasteiger partial charge in [0.05, 0.1) is 10.6 Å². The number of hydrogen-bond donors (Lipinski definition) is 2. The van der Waals surface area contributed by atoms with Crippen LogP contribution >= 0.6 is 11.3 Å². The zero-order chi connectivity index (χ0) is 19.3. The van der Waals surface area contributed by atoms with Gasteiger partial charge in [-0.2, -0.15) is 0 Å². The number of urea groups is 1. The lowest BCUT2D eigenvalue weighted by atomic mass is 9.96. The van der Waals surface area contributed by atoms with Crippen LogP contribution in [0.5, 0.6) is 0 Å². The van der Waals surface area contributed by atoms with Crippen molar-refractivity contribution >= 4 is 17.4 Å². The molecule has 0 spiro atoms. The number of aromatic nitrogens is 1. The monoisotopic (exact) mass is 402 g/mol. The molecule has 2 aromatic rings. The molecule has 6 nitrogen and oxygen atoms in total. The number of thiophene rings is 1. The Morgan fingerprint density at radius 2 is 1.89 bits per heavy atom. The quantitative estimate of drug-likeness (QED) is 0.782. The molecule has 2 fully saturated rings. The fourth-order valence-electron chi connectivity index (χ4n) is 4.19. The molecule has 1 aliphatic carbocycles. The van der Waals surface area contributed by atoms with Crippen molar-refractivity contribution in [1.82, 2.24) is 20.5 Å². The van der Waals surface area contributed by atoms with E-state index in [0.29, 0.717) is 6.04 Å². The number of oxazole rings is 1. The first kappa shape index (κ1) is 19.5. The summed E-state index contributed by atoms with van der Waals surface area (Å²) in [4.78, 5) is 20.4. The lowest BCUT2D eigenvalue weighted by Gasteiger charge is -2.32. The number of aryl methyl sites for hydroxylation is 1. The molecule has 28 heavy (non-hydrogen) atoms. The lowest BCUT2D eigenvalue weighted by Crippen LogP contribution is -2.50. The number of rotatable bonds is 5. The van der Waals surface area contributed by atoms with E-state index < -0.39 is 0 Å². The van der Waals surface area contributed by atoms with E-state index in [-0.39, 0.29) is 12.1 Å². The molecule has 1 saturated heterocycles. The average Bonchev–Trinajstić information content (AvgIpc) is 3.34. The Balaban J connectivity index is 1.23. The molecule has 7 heteroatoms. The largest absolute Gasteiger partial charge is 0.440 e. The fraction of sp³-hybridized carbons (Fsp3) is 0.619. The van der Waals surface area contributed by atoms with Gasteiger partial charge in [-0.3, -0.25) is 4.90 Å². The van der Waals surface area contributed by atoms with Gasteiger partial charge in [0.2, 0.25) is 5.89 Å². The molecule has 2 aromatic heterocycles. The van der Waals surface area contributed by atoms with Crippen molar-refractivity contribution in [2.45, 2.75) is 70.5 Å². The van der Waals surface area contributed by atoms with Crippen molar-refractivity contribution in [3.8, 4) is 10.8 Å². The molecule has 0 radical (unpaired) electrons. The molecule has 1 aliphatic heterocycles. The third-order valence-corrected chi connectivity index (χ3v) is 6.72. The third-order valence-electron chi connectivity index (χ3n) is 5.86. The molecule has 0 bridgehead atoms. The molecular weight excluding hydrogens is 372 g/mol. The number of nitrogens with zero attached hydrogens (tertiary/aromatic N) is 2. The first-order chi connectivity index (χ1) is 13.7. The number of piperidine rings is 1. The Hall–Kier alpha value is -1.86. The number of carbonyl (C=O) groups excluding carboxylic acids is 1. The van der Waals surface area contributed by atoms with Crippen LogP contribution in [0.4, 0.5) is 4.79 Å². The van der Waals surface area contributed by atoms with E-state index in [2.05, 4.69) is 15.5 Å². The van der Waals surface area contributed by atoms with Gasteiger partial charge in [0.25, 0.3) is 0 Å². The van der Waals surface area contributed by atoms with Crippen molar-refractivity contribution < 1.29 is 9.21 Å². The first-order valence-electron chi connectivity index (χ1n) is 10.5. The zero-order valence-electron chi connectivity index (χ0n) is 16.6. The van der Waals surface area contributed by atoms with E-state index in [1.54, 1.807) is 11.3 Å². The van der Waals surface area contributed by atoms with Crippen LogP contribution in [0.1, 0.15) is 56.4 Å². The van der Waals surface area contributed by atoms with Crippen molar-refractivity contribution in [2.75, 3.05) is 13.1 Å². The van der Waals surface area contributed by atoms with Crippen molar-refractivity contribution in [3.63, 3.8) is 0 Å². The standard InChI is InChI=1S/C21H30N4O2S/c1-15-18(24-20(27-15)19-8-5-13-28-19)14-25-11-9-17(10-12-25)23-21(26)22-16-6-3-2-4-7-16/h5,8,13,16-17H,2-4,6-7,9-12,14H2,1H3,(H2,22,23,26). The molecule has 0 unspecified atom stereocenters. The van der Waals surface area contributed by atoms with Gasteiger partial charge in [0, 0.05) is 31.7 Å². The van der Waals surface area contributed by atoms with Gasteiger partial charge in [-0.1, -0.05) is 25.3 Å². The van der Waals surface area contributed by atoms with E-state index >= 15 is 0 Å². The van der Waals surface area contributed by atoms with E-state index in [1.807, 2.05) is 24.4 Å². The molecule has 4 rings (SSSR count). The summed E-state index contributed by atoms with van der Waals surface area (Å²) in [7, 11) is 0. The summed E-state index contributed by atoms with van der Waals surface area (Å²) in [5.74, 6) is 1.62. The minimum absolute atomic E-state index is 0.0123. The van der Waals surface area contributed by atoms with Crippen LogP contribution in [-0.4, -0.2) is 41.1 Å². The Bertz CT molecular complexity index is 759. The highest BCUT2D eigenvalue weighted by molar-refractivity contribution is 7.13. The maximum Gasteiger partial charge on any atom is 0.315 e. The Morgan fingerprint density at radius 1 is 1.18 bits per heavy atom. The third kappa shape index (κ3) is 4.94. The maximum absolute atomic E-state index is 12.3. The van der Waals surface area contributed by atoms with Gasteiger partial charge in [-0.15, -0.1) is 11.3 Å². The van der Waals surface area contributed by atoms with E-state index in [9.17, 15) is 4.79 Å². The molecule has 152 valence electrons. The minimum Gasteiger partial charge on any atom is -0.440 e. The van der Waals surface area contributed by atoms with Crippen LogP contribution in [0.2, 0.25) is 0 Å². The second kappa shape index (κ2) is 9.09. The van der Waals surface area contributed by atoms with Gasteiger partial charge in [0.15, 0.2) is 0 Å². The second-order valence-electron chi connectivity index (χ2n) is 8.00. The topological polar surface area (TPSA) is 70.4 Å². The minimum atomic E-state index is 0.0123. The first-order valence-corrected chi connectivity index (χ1v) is 11.3. The van der Waals surface area contributed by atoms with Crippen molar-refractivity contribution in [3.05, 3.63) is 29.0 Å². The molecular formula is C21H30N4O2S. The summed E-state index contributed by atoms with van der Waals surface area (Å²) < 4.78 is 5.85. The molecule has 3 heterocycles. The number of hydrogen-bond acceptors (Lipinski definition) is 5. The normalized spacial score (nSPS) is 19.6. The molecule has 2 aliphatic rings. The summed E-state index contributed by atoms with van der Waals surface area (Å²) in [6.07, 6.45) is 7.97. The van der Waals surface area contributed by atoms with Crippen LogP contribution in [0.15, 0.2) is 21.9 Å². The lowest BCUT2D eigenvalue weighted by molar-refractivity contribution is 0.183. The highest BCUT2D eigenvalue weighted by atomic mass is 32.1. The molecule has 1 saturated carbocycles. The van der Waals surface area contributed by atoms with Crippen molar-refractivity contribution in [2.24, 2.45) is 0 Å². The fourth-order valence-corrected chi connectivity index (χ4v) is 4.84. The van der Waals surface area contributed by atoms with Gasteiger partial charge < -0.3 is 15.1 Å². The predicted molar refractivity (Wildman–Crippen MR) is 111 cm³/mol. The van der Waals surface area contributed by atoms with Crippen LogP contribution in [-0.2, 0) is 6.54 Å². The van der Waals surface area contributed by atoms with Gasteiger partial charge in [0.1, 0.15) is 5.76 Å². The highest BCUT2D eigenvalue weighted by Crippen LogP contribution is 2.27. The van der Waals surface area contributed by atoms with Crippen LogP contribution in [0.3, 0.4) is 0 Å². The Morgan fingerprint density at radius 3 is 2.57 bits per heavy atom. The maximum atomic E-state index is 12.3. The van der Waals surface area contributed by atoms with Crippen molar-refractivity contribution in [1.29, 1.82) is 0 Å². The van der Waals surface area contributed by atoms with Crippen LogP contribution in [0.25, 0.3) is 10.8 Å². The smallest absolute Gasteiger partial charge is 0.315 e. The van der Waals surface area contributed by atoms with Crippen LogP contribution in [0, 0.1) is 6.92 Å². The zero-order valence-corrected chi connectivity index (χ0v) is 17.4. The number of amides is 2. The number of likely N-dealkylation sites (tertiary alicyclic amines) is 1. The summed E-state index contributed by atoms with van der Waals surface area (Å²) in [5, 5.41) is 8.37. The van der Waals surface area contributed by atoms with Crippen LogP contribution < -0.4 is 10.6 Å². The summed E-state index contributed by atoms with van der Waals surface area (Å²) in [6, 6.07) is 4.69. The summed E-state index contributed by atoms with van der Waals surface area (Å²) in [5.41, 5.74) is 1.02. The molecule has 0 atom stereocenters. The number of carbonyl (C=O) groups is 1. The van der Waals surface area contributed by atoms with E-state index in [4.69, 9.17) is 9.40 Å². The highest BCUT2D eigenvalue weighted by Gasteiger charge is 2.24. The van der Waals surface area contributed by atoms with E-state index in [0.717, 1.165) is 67.5 Å². The summed E-state index contributed by atoms with van der Waals surface area (Å²) >= 11 is 1.65. The molecule has 2 amide bonds. The van der Waals surface area contributed by atoms with Gasteiger partial charge in [-0.25, -0.2) is 9.78 Å². The SMILES string of the molecule is Cc1oc(-c2cccs2)nc1CN1CCC(NC(=O)NC2CCCCC2)CC1. The number of nitrogens with one attached hydrogen (secondary N) is 2. The summed E-state index contributed by atoms with van der Waals surface area (Å²) in [6.45, 7) is 4.73. The van der Waals surface area contributed by atoms with Gasteiger partial charge in [-0.05, 0) is 44.1 Å². The van der Waals surface area contributed by atoms with E-state index in [1.165, 1.54) is 19.3 Å². The average molecular weight is 403 g/mol. The molecule has 2 N–H and O–H groups in total. The predicted octanol–water partition coefficient (Wildman–Crippen LogP) is 4.31.